The van der Waals surface area contributed by atoms with E-state index in [-0.39, 0.29) is 35.9 Å². The number of aromatic nitrogens is 3. The zero-order valence-electron chi connectivity index (χ0n) is 19.5. The second-order valence-electron chi connectivity index (χ2n) is 8.30. The molecule has 1 heterocycles. The number of carbonyl (C=O) groups excluding carboxylic acids is 1. The summed E-state index contributed by atoms with van der Waals surface area (Å²) in [4.78, 5) is 36.4. The Morgan fingerprint density at radius 2 is 1.71 bits per heavy atom. The third kappa shape index (κ3) is 6.31. The van der Waals surface area contributed by atoms with Gasteiger partial charge in [0.15, 0.2) is 18.0 Å². The molecule has 3 aromatic rings. The molecule has 0 aliphatic carbocycles. The highest BCUT2D eigenvalue weighted by molar-refractivity contribution is 5.89. The second kappa shape index (κ2) is 10.5. The van der Waals surface area contributed by atoms with Crippen molar-refractivity contribution in [3.63, 3.8) is 0 Å². The standard InChI is InChI=1S/C24H25F2N3O6/c1-4-9-28-20(27-29(23(28)33)13-15-10-17(25)12-18(26)11-15)14-34-21(30)16-5-7-19(8-6-16)35-24(2,3)22(31)32/h5-8,10-12H,4,9,13-14H2,1-3H3,(H,31,32). The molecule has 186 valence electrons. The molecule has 11 heteroatoms. The SMILES string of the molecule is CCCn1c(COC(=O)c2ccc(OC(C)(C)C(=O)O)cc2)nn(Cc2cc(F)cc(F)c2)c1=O. The van der Waals surface area contributed by atoms with Gasteiger partial charge in [-0.25, -0.2) is 27.8 Å². The average Bonchev–Trinajstić information content (AvgIpc) is 3.06. The monoisotopic (exact) mass is 489 g/mol. The minimum Gasteiger partial charge on any atom is -0.478 e. The number of carboxylic acids is 1. The minimum atomic E-state index is -1.44. The molecule has 0 aliphatic rings. The lowest BCUT2D eigenvalue weighted by atomic mass is 10.1. The number of esters is 1. The van der Waals surface area contributed by atoms with Crippen LogP contribution in [0.5, 0.6) is 5.75 Å². The fourth-order valence-electron chi connectivity index (χ4n) is 3.23. The fraction of sp³-hybridized carbons (Fsp3) is 0.333. The van der Waals surface area contributed by atoms with Crippen molar-refractivity contribution in [1.82, 2.24) is 14.3 Å². The summed E-state index contributed by atoms with van der Waals surface area (Å²) < 4.78 is 40.1. The highest BCUT2D eigenvalue weighted by atomic mass is 19.1. The van der Waals surface area contributed by atoms with Crippen molar-refractivity contribution in [3.05, 3.63) is 81.5 Å². The van der Waals surface area contributed by atoms with Gasteiger partial charge in [0.25, 0.3) is 0 Å². The molecule has 3 rings (SSSR count). The van der Waals surface area contributed by atoms with Crippen LogP contribution in [0, 0.1) is 11.6 Å². The van der Waals surface area contributed by atoms with Gasteiger partial charge in [-0.15, -0.1) is 0 Å². The van der Waals surface area contributed by atoms with Crippen LogP contribution in [0.2, 0.25) is 0 Å². The zero-order chi connectivity index (χ0) is 25.8. The molecule has 0 fully saturated rings. The van der Waals surface area contributed by atoms with Crippen LogP contribution in [0.15, 0.2) is 47.3 Å². The summed E-state index contributed by atoms with van der Waals surface area (Å²) in [6.07, 6.45) is 0.606. The smallest absolute Gasteiger partial charge is 0.347 e. The van der Waals surface area contributed by atoms with E-state index in [1.165, 1.54) is 42.7 Å². The van der Waals surface area contributed by atoms with Crippen molar-refractivity contribution in [2.24, 2.45) is 0 Å². The van der Waals surface area contributed by atoms with Gasteiger partial charge in [0.2, 0.25) is 0 Å². The van der Waals surface area contributed by atoms with E-state index in [2.05, 4.69) is 5.10 Å². The summed E-state index contributed by atoms with van der Waals surface area (Å²) in [6.45, 7) is 4.52. The van der Waals surface area contributed by atoms with Crippen LogP contribution >= 0.6 is 0 Å². The van der Waals surface area contributed by atoms with Gasteiger partial charge in [0.05, 0.1) is 12.1 Å². The molecule has 9 nitrogen and oxygen atoms in total. The van der Waals surface area contributed by atoms with Crippen LogP contribution in [-0.2, 0) is 29.2 Å². The van der Waals surface area contributed by atoms with Gasteiger partial charge in [-0.1, -0.05) is 6.92 Å². The first-order valence-corrected chi connectivity index (χ1v) is 10.8. The molecule has 0 radical (unpaired) electrons. The molecule has 0 atom stereocenters. The topological polar surface area (TPSA) is 113 Å². The summed E-state index contributed by atoms with van der Waals surface area (Å²) in [7, 11) is 0. The van der Waals surface area contributed by atoms with E-state index in [9.17, 15) is 23.2 Å². The highest BCUT2D eigenvalue weighted by Gasteiger charge is 2.29. The largest absolute Gasteiger partial charge is 0.478 e. The molecule has 0 bridgehead atoms. The molecule has 1 N–H and O–H groups in total. The Morgan fingerprint density at radius 3 is 2.29 bits per heavy atom. The van der Waals surface area contributed by atoms with E-state index in [4.69, 9.17) is 14.6 Å². The quantitative estimate of drug-likeness (QED) is 0.435. The van der Waals surface area contributed by atoms with Crippen molar-refractivity contribution in [2.75, 3.05) is 0 Å². The Labute approximate surface area is 199 Å². The van der Waals surface area contributed by atoms with Crippen molar-refractivity contribution < 1.29 is 33.0 Å². The van der Waals surface area contributed by atoms with E-state index in [1.807, 2.05) is 6.92 Å². The van der Waals surface area contributed by atoms with E-state index in [0.29, 0.717) is 13.0 Å². The zero-order valence-corrected chi connectivity index (χ0v) is 19.5. The maximum Gasteiger partial charge on any atom is 0.347 e. The predicted molar refractivity (Wildman–Crippen MR) is 120 cm³/mol. The Hall–Kier alpha value is -4.02. The molecule has 35 heavy (non-hydrogen) atoms. The van der Waals surface area contributed by atoms with Gasteiger partial charge in [0.1, 0.15) is 17.4 Å². The second-order valence-corrected chi connectivity index (χ2v) is 8.30. The van der Waals surface area contributed by atoms with Crippen LogP contribution in [0.4, 0.5) is 8.78 Å². The van der Waals surface area contributed by atoms with Gasteiger partial charge >= 0.3 is 17.6 Å². The van der Waals surface area contributed by atoms with E-state index >= 15 is 0 Å². The third-order valence-corrected chi connectivity index (χ3v) is 5.01. The Bertz CT molecular complexity index is 1260. The molecule has 0 unspecified atom stereocenters. The third-order valence-electron chi connectivity index (χ3n) is 5.01. The molecule has 0 saturated carbocycles. The van der Waals surface area contributed by atoms with Crippen LogP contribution in [-0.4, -0.2) is 37.0 Å². The normalized spacial score (nSPS) is 11.3. The van der Waals surface area contributed by atoms with E-state index in [0.717, 1.165) is 22.9 Å². The summed E-state index contributed by atoms with van der Waals surface area (Å²) in [5, 5.41) is 13.3. The summed E-state index contributed by atoms with van der Waals surface area (Å²) in [6, 6.07) is 8.69. The summed E-state index contributed by atoms with van der Waals surface area (Å²) in [5.41, 5.74) is -1.53. The lowest BCUT2D eigenvalue weighted by molar-refractivity contribution is -0.152. The van der Waals surface area contributed by atoms with Crippen LogP contribution in [0.25, 0.3) is 0 Å². The van der Waals surface area contributed by atoms with E-state index in [1.54, 1.807) is 0 Å². The first kappa shape index (κ1) is 25.6. The number of hydrogen-bond acceptors (Lipinski definition) is 6. The first-order chi connectivity index (χ1) is 16.5. The maximum absolute atomic E-state index is 13.5. The Balaban J connectivity index is 1.72. The van der Waals surface area contributed by atoms with Crippen LogP contribution < -0.4 is 10.4 Å². The van der Waals surface area contributed by atoms with Crippen LogP contribution in [0.1, 0.15) is 48.9 Å². The number of hydrogen-bond donors (Lipinski definition) is 1. The highest BCUT2D eigenvalue weighted by Crippen LogP contribution is 2.20. The van der Waals surface area contributed by atoms with E-state index < -0.39 is 34.9 Å². The number of nitrogens with zero attached hydrogens (tertiary/aromatic N) is 3. The number of carbonyl (C=O) groups is 2. The number of carboxylic acid groups (broad SMARTS) is 1. The molecule has 0 saturated heterocycles. The van der Waals surface area contributed by atoms with Gasteiger partial charge in [-0.3, -0.25) is 4.57 Å². The maximum atomic E-state index is 13.5. The van der Waals surface area contributed by atoms with Crippen molar-refractivity contribution >= 4 is 11.9 Å². The molecular weight excluding hydrogens is 464 g/mol. The lowest BCUT2D eigenvalue weighted by Gasteiger charge is -2.21. The molecule has 0 amide bonds. The van der Waals surface area contributed by atoms with Gasteiger partial charge < -0.3 is 14.6 Å². The fourth-order valence-corrected chi connectivity index (χ4v) is 3.23. The predicted octanol–water partition coefficient (Wildman–Crippen LogP) is 3.38. The molecular formula is C24H25F2N3O6. The molecule has 2 aromatic carbocycles. The lowest BCUT2D eigenvalue weighted by Crippen LogP contribution is -2.37. The Kier molecular flexibility index (Phi) is 7.68. The molecule has 0 spiro atoms. The Morgan fingerprint density at radius 1 is 1.09 bits per heavy atom. The van der Waals surface area contributed by atoms with Crippen LogP contribution in [0.3, 0.4) is 0 Å². The van der Waals surface area contributed by atoms with Crippen molar-refractivity contribution in [1.29, 1.82) is 0 Å². The number of halogens is 2. The minimum absolute atomic E-state index is 0.153. The van der Waals surface area contributed by atoms with Crippen molar-refractivity contribution in [3.8, 4) is 5.75 Å². The van der Waals surface area contributed by atoms with Crippen molar-refractivity contribution in [2.45, 2.75) is 52.5 Å². The first-order valence-electron chi connectivity index (χ1n) is 10.8. The van der Waals surface area contributed by atoms with Gasteiger partial charge in [0, 0.05) is 12.6 Å². The molecule has 0 aliphatic heterocycles. The number of aliphatic carboxylic acids is 1. The van der Waals surface area contributed by atoms with Gasteiger partial charge in [-0.2, -0.15) is 5.10 Å². The average molecular weight is 489 g/mol. The summed E-state index contributed by atoms with van der Waals surface area (Å²) in [5.74, 6) is -2.91. The van der Waals surface area contributed by atoms with Gasteiger partial charge in [-0.05, 0) is 62.2 Å². The number of rotatable bonds is 10. The number of ether oxygens (including phenoxy) is 2. The number of benzene rings is 2. The summed E-state index contributed by atoms with van der Waals surface area (Å²) >= 11 is 0. The molecule has 1 aromatic heterocycles.